The Hall–Kier alpha value is -1.85. The van der Waals surface area contributed by atoms with Gasteiger partial charge in [0.1, 0.15) is 0 Å². The van der Waals surface area contributed by atoms with Crippen LogP contribution in [0.3, 0.4) is 0 Å². The molecule has 1 aliphatic rings. The van der Waals surface area contributed by atoms with Crippen LogP contribution in [0.25, 0.3) is 0 Å². The predicted molar refractivity (Wildman–Crippen MR) is 64.2 cm³/mol. The van der Waals surface area contributed by atoms with Crippen molar-refractivity contribution >= 4 is 11.9 Å². The molecule has 1 aromatic heterocycles. The summed E-state index contributed by atoms with van der Waals surface area (Å²) in [5.41, 5.74) is 1.29. The third-order valence-electron chi connectivity index (χ3n) is 3.49. The molecule has 98 valence electrons. The molecule has 0 saturated heterocycles. The van der Waals surface area contributed by atoms with Gasteiger partial charge in [0, 0.05) is 11.7 Å². The summed E-state index contributed by atoms with van der Waals surface area (Å²) in [6, 6.07) is 0.0717. The Morgan fingerprint density at radius 2 is 2.06 bits per heavy atom. The van der Waals surface area contributed by atoms with Gasteiger partial charge in [-0.2, -0.15) is 5.10 Å². The molecule has 6 nitrogen and oxygen atoms in total. The highest BCUT2D eigenvalue weighted by atomic mass is 16.4. The van der Waals surface area contributed by atoms with Gasteiger partial charge in [-0.3, -0.25) is 14.7 Å². The number of carboxylic acid groups (broad SMARTS) is 1. The van der Waals surface area contributed by atoms with Crippen molar-refractivity contribution in [1.29, 1.82) is 0 Å². The van der Waals surface area contributed by atoms with Crippen molar-refractivity contribution < 1.29 is 14.7 Å². The Kier molecular flexibility index (Phi) is 3.64. The molecule has 1 heterocycles. The number of amides is 1. The second-order valence-corrected chi connectivity index (χ2v) is 4.77. The molecular weight excluding hydrogens is 234 g/mol. The first-order valence-corrected chi connectivity index (χ1v) is 6.11. The molecule has 0 aliphatic heterocycles. The van der Waals surface area contributed by atoms with Gasteiger partial charge < -0.3 is 10.4 Å². The number of nitrogens with zero attached hydrogens (tertiary/aromatic N) is 1. The van der Waals surface area contributed by atoms with Crippen LogP contribution >= 0.6 is 0 Å². The predicted octanol–water partition coefficient (Wildman–Crippen LogP) is 1.09. The van der Waals surface area contributed by atoms with Crippen molar-refractivity contribution in [2.45, 2.75) is 38.6 Å². The van der Waals surface area contributed by atoms with Gasteiger partial charge in [0.25, 0.3) is 5.91 Å². The molecule has 0 atom stereocenters. The largest absolute Gasteiger partial charge is 0.481 e. The molecule has 0 aromatic carbocycles. The second-order valence-electron chi connectivity index (χ2n) is 4.77. The molecule has 3 N–H and O–H groups in total. The lowest BCUT2D eigenvalue weighted by molar-refractivity contribution is -0.142. The van der Waals surface area contributed by atoms with Gasteiger partial charge in [0.2, 0.25) is 0 Å². The number of nitrogens with one attached hydrogen (secondary N) is 2. The van der Waals surface area contributed by atoms with Crippen LogP contribution in [0.2, 0.25) is 0 Å². The van der Waals surface area contributed by atoms with Crippen LogP contribution in [0, 0.1) is 12.8 Å². The van der Waals surface area contributed by atoms with E-state index in [2.05, 4.69) is 15.5 Å². The molecule has 0 spiro atoms. The lowest BCUT2D eigenvalue weighted by atomic mass is 9.86. The third kappa shape index (κ3) is 2.69. The van der Waals surface area contributed by atoms with Crippen LogP contribution < -0.4 is 5.32 Å². The van der Waals surface area contributed by atoms with Crippen molar-refractivity contribution in [3.05, 3.63) is 17.5 Å². The third-order valence-corrected chi connectivity index (χ3v) is 3.49. The number of carboxylic acids is 1. The van der Waals surface area contributed by atoms with E-state index in [9.17, 15) is 9.59 Å². The fourth-order valence-electron chi connectivity index (χ4n) is 2.33. The molecule has 0 unspecified atom stereocenters. The van der Waals surface area contributed by atoms with Gasteiger partial charge in [0.05, 0.1) is 17.7 Å². The number of rotatable bonds is 3. The highest BCUT2D eigenvalue weighted by Crippen LogP contribution is 2.24. The number of aromatic amines is 1. The van der Waals surface area contributed by atoms with Crippen molar-refractivity contribution in [1.82, 2.24) is 15.5 Å². The number of H-pyrrole nitrogens is 1. The molecular formula is C12H17N3O3. The lowest BCUT2D eigenvalue weighted by Gasteiger charge is -2.26. The van der Waals surface area contributed by atoms with Gasteiger partial charge in [-0.25, -0.2) is 0 Å². The SMILES string of the molecule is Cc1[nH]ncc1C(=O)NC1CCC(C(=O)O)CC1. The molecule has 1 saturated carbocycles. The van der Waals surface area contributed by atoms with Crippen molar-refractivity contribution in [3.8, 4) is 0 Å². The minimum absolute atomic E-state index is 0.0717. The Balaban J connectivity index is 1.87. The number of aromatic nitrogens is 2. The standard InChI is InChI=1S/C12H17N3O3/c1-7-10(6-13-15-7)11(16)14-9-4-2-8(3-5-9)12(17)18/h6,8-9H,2-5H2,1H3,(H,13,15)(H,14,16)(H,17,18). The van der Waals surface area contributed by atoms with E-state index in [-0.39, 0.29) is 17.9 Å². The quantitative estimate of drug-likeness (QED) is 0.749. The monoisotopic (exact) mass is 251 g/mol. The summed E-state index contributed by atoms with van der Waals surface area (Å²) in [6.07, 6.45) is 4.21. The Morgan fingerprint density at radius 1 is 1.39 bits per heavy atom. The highest BCUT2D eigenvalue weighted by Gasteiger charge is 2.27. The maximum atomic E-state index is 11.9. The van der Waals surface area contributed by atoms with E-state index in [0.29, 0.717) is 18.4 Å². The Morgan fingerprint density at radius 3 is 2.56 bits per heavy atom. The van der Waals surface area contributed by atoms with Crippen LogP contribution in [0.4, 0.5) is 0 Å². The Labute approximate surface area is 105 Å². The summed E-state index contributed by atoms with van der Waals surface area (Å²) in [4.78, 5) is 22.7. The molecule has 2 rings (SSSR count). The molecule has 0 radical (unpaired) electrons. The van der Waals surface area contributed by atoms with Gasteiger partial charge in [-0.1, -0.05) is 0 Å². The minimum Gasteiger partial charge on any atom is -0.481 e. The topological polar surface area (TPSA) is 95.1 Å². The summed E-state index contributed by atoms with van der Waals surface area (Å²) in [5, 5.41) is 18.4. The molecule has 1 aliphatic carbocycles. The summed E-state index contributed by atoms with van der Waals surface area (Å²) in [5.74, 6) is -1.13. The summed E-state index contributed by atoms with van der Waals surface area (Å²) >= 11 is 0. The van der Waals surface area contributed by atoms with Crippen molar-refractivity contribution in [2.24, 2.45) is 5.92 Å². The van der Waals surface area contributed by atoms with Crippen molar-refractivity contribution in [2.75, 3.05) is 0 Å². The fraction of sp³-hybridized carbons (Fsp3) is 0.583. The zero-order chi connectivity index (χ0) is 13.1. The fourth-order valence-corrected chi connectivity index (χ4v) is 2.33. The normalized spacial score (nSPS) is 23.6. The molecule has 6 heteroatoms. The first-order chi connectivity index (χ1) is 8.58. The number of carbonyl (C=O) groups excluding carboxylic acids is 1. The van der Waals surface area contributed by atoms with E-state index in [0.717, 1.165) is 18.5 Å². The maximum Gasteiger partial charge on any atom is 0.306 e. The lowest BCUT2D eigenvalue weighted by Crippen LogP contribution is -2.38. The van der Waals surface area contributed by atoms with E-state index >= 15 is 0 Å². The van der Waals surface area contributed by atoms with Gasteiger partial charge in [-0.05, 0) is 32.6 Å². The average Bonchev–Trinajstić information content (AvgIpc) is 2.76. The number of carbonyl (C=O) groups is 2. The van der Waals surface area contributed by atoms with Crippen LogP contribution in [-0.2, 0) is 4.79 Å². The maximum absolute atomic E-state index is 11.9. The zero-order valence-corrected chi connectivity index (χ0v) is 10.3. The molecule has 1 amide bonds. The van der Waals surface area contributed by atoms with Crippen LogP contribution in [-0.4, -0.2) is 33.2 Å². The number of aryl methyl sites for hydroxylation is 1. The zero-order valence-electron chi connectivity index (χ0n) is 10.3. The highest BCUT2D eigenvalue weighted by molar-refractivity contribution is 5.95. The minimum atomic E-state index is -0.731. The van der Waals surface area contributed by atoms with E-state index in [4.69, 9.17) is 5.11 Å². The van der Waals surface area contributed by atoms with Gasteiger partial charge in [-0.15, -0.1) is 0 Å². The summed E-state index contributed by atoms with van der Waals surface area (Å²) in [6.45, 7) is 1.79. The number of aliphatic carboxylic acids is 1. The molecule has 0 bridgehead atoms. The molecule has 1 fully saturated rings. The summed E-state index contributed by atoms with van der Waals surface area (Å²) < 4.78 is 0. The van der Waals surface area contributed by atoms with Crippen LogP contribution in [0.15, 0.2) is 6.20 Å². The van der Waals surface area contributed by atoms with E-state index in [1.54, 1.807) is 6.92 Å². The van der Waals surface area contributed by atoms with Gasteiger partial charge >= 0.3 is 5.97 Å². The second kappa shape index (κ2) is 5.20. The van der Waals surface area contributed by atoms with E-state index in [1.807, 2.05) is 0 Å². The van der Waals surface area contributed by atoms with Crippen LogP contribution in [0.1, 0.15) is 41.7 Å². The number of hydrogen-bond acceptors (Lipinski definition) is 3. The smallest absolute Gasteiger partial charge is 0.306 e. The van der Waals surface area contributed by atoms with Crippen LogP contribution in [0.5, 0.6) is 0 Å². The number of hydrogen-bond donors (Lipinski definition) is 3. The molecule has 1 aromatic rings. The van der Waals surface area contributed by atoms with Gasteiger partial charge in [0.15, 0.2) is 0 Å². The molecule has 18 heavy (non-hydrogen) atoms. The first-order valence-electron chi connectivity index (χ1n) is 6.11. The van der Waals surface area contributed by atoms with Crippen molar-refractivity contribution in [3.63, 3.8) is 0 Å². The van der Waals surface area contributed by atoms with E-state index < -0.39 is 5.97 Å². The summed E-state index contributed by atoms with van der Waals surface area (Å²) in [7, 11) is 0. The first kappa shape index (κ1) is 12.6. The Bertz CT molecular complexity index is 447. The average molecular weight is 251 g/mol. The van der Waals surface area contributed by atoms with E-state index in [1.165, 1.54) is 6.20 Å².